The molecule has 0 saturated carbocycles. The Morgan fingerprint density at radius 1 is 1.12 bits per heavy atom. The lowest BCUT2D eigenvalue weighted by atomic mass is 9.82. The van der Waals surface area contributed by atoms with Crippen molar-refractivity contribution in [2.45, 2.75) is 12.3 Å². The fourth-order valence-electron chi connectivity index (χ4n) is 3.25. The average Bonchev–Trinajstić information content (AvgIpc) is 2.97. The van der Waals surface area contributed by atoms with Crippen molar-refractivity contribution in [2.75, 3.05) is 14.2 Å². The Balaban J connectivity index is 2.13. The zero-order chi connectivity index (χ0) is 18.0. The first kappa shape index (κ1) is 17.5. The minimum Gasteiger partial charge on any atom is -0.497 e. The van der Waals surface area contributed by atoms with Crippen LogP contribution in [-0.4, -0.2) is 20.2 Å². The molecule has 128 valence electrons. The van der Waals surface area contributed by atoms with Crippen molar-refractivity contribution in [2.24, 2.45) is 0 Å². The minimum atomic E-state index is -0.405. The highest BCUT2D eigenvalue weighted by atomic mass is 79.9. The molecule has 3 rings (SSSR count). The molecule has 0 aliphatic heterocycles. The van der Waals surface area contributed by atoms with Crippen LogP contribution in [0.3, 0.4) is 0 Å². The van der Waals surface area contributed by atoms with E-state index in [1.165, 1.54) is 12.7 Å². The number of ether oxygens (including phenoxy) is 2. The summed E-state index contributed by atoms with van der Waals surface area (Å²) in [6.45, 7) is 4.04. The number of hydrogen-bond acceptors (Lipinski definition) is 3. The summed E-state index contributed by atoms with van der Waals surface area (Å²) in [5.41, 5.74) is 4.83. The van der Waals surface area contributed by atoms with Crippen LogP contribution in [0.4, 0.5) is 0 Å². The number of methoxy groups -OCH3 is 2. The van der Waals surface area contributed by atoms with Crippen LogP contribution < -0.4 is 4.74 Å². The predicted octanol–water partition coefficient (Wildman–Crippen LogP) is 4.87. The van der Waals surface area contributed by atoms with Crippen LogP contribution in [0.25, 0.3) is 5.57 Å². The summed E-state index contributed by atoms with van der Waals surface area (Å²) >= 11 is 3.71. The minimum absolute atomic E-state index is 0.281. The van der Waals surface area contributed by atoms with E-state index in [1.54, 1.807) is 7.11 Å². The molecular formula is C21H19BrO3. The lowest BCUT2D eigenvalue weighted by Gasteiger charge is -2.22. The molecule has 0 amide bonds. The number of carbonyl (C=O) groups is 1. The number of benzene rings is 2. The van der Waals surface area contributed by atoms with Crippen LogP contribution in [-0.2, 0) is 16.0 Å². The Labute approximate surface area is 156 Å². The summed E-state index contributed by atoms with van der Waals surface area (Å²) in [4.78, 5) is 12.2. The normalized spacial score (nSPS) is 14.0. The Bertz CT molecular complexity index is 850. The van der Waals surface area contributed by atoms with Gasteiger partial charge in [0.15, 0.2) is 0 Å². The highest BCUT2D eigenvalue weighted by Gasteiger charge is 2.32. The average molecular weight is 399 g/mol. The van der Waals surface area contributed by atoms with Crippen LogP contribution >= 0.6 is 15.9 Å². The lowest BCUT2D eigenvalue weighted by molar-refractivity contribution is -0.136. The maximum Gasteiger partial charge on any atom is 0.334 e. The van der Waals surface area contributed by atoms with Gasteiger partial charge in [0, 0.05) is 22.4 Å². The number of rotatable bonds is 5. The van der Waals surface area contributed by atoms with Crippen LogP contribution in [0.15, 0.2) is 65.2 Å². The van der Waals surface area contributed by atoms with E-state index in [2.05, 4.69) is 34.6 Å². The molecular weight excluding hydrogens is 380 g/mol. The second-order valence-corrected chi connectivity index (χ2v) is 6.83. The predicted molar refractivity (Wildman–Crippen MR) is 103 cm³/mol. The molecule has 0 heterocycles. The van der Waals surface area contributed by atoms with Gasteiger partial charge in [-0.15, -0.1) is 0 Å². The third kappa shape index (κ3) is 3.27. The van der Waals surface area contributed by atoms with E-state index < -0.39 is 5.97 Å². The van der Waals surface area contributed by atoms with Crippen LogP contribution in [0.1, 0.15) is 22.6 Å². The van der Waals surface area contributed by atoms with Gasteiger partial charge in [0.1, 0.15) is 5.75 Å². The van der Waals surface area contributed by atoms with E-state index in [9.17, 15) is 4.79 Å². The van der Waals surface area contributed by atoms with Crippen molar-refractivity contribution < 1.29 is 14.3 Å². The van der Waals surface area contributed by atoms with Crippen LogP contribution in [0, 0.1) is 0 Å². The number of fused-ring (bicyclic) bond motifs is 1. The Morgan fingerprint density at radius 3 is 2.44 bits per heavy atom. The van der Waals surface area contributed by atoms with E-state index >= 15 is 0 Å². The third-order valence-corrected chi connectivity index (χ3v) is 5.19. The van der Waals surface area contributed by atoms with Crippen molar-refractivity contribution in [3.63, 3.8) is 0 Å². The summed E-state index contributed by atoms with van der Waals surface area (Å²) < 4.78 is 11.3. The highest BCUT2D eigenvalue weighted by molar-refractivity contribution is 9.11. The molecule has 4 heteroatoms. The molecule has 0 saturated heterocycles. The van der Waals surface area contributed by atoms with Crippen molar-refractivity contribution in [1.29, 1.82) is 0 Å². The first-order valence-corrected chi connectivity index (χ1v) is 8.74. The topological polar surface area (TPSA) is 35.5 Å². The Hall–Kier alpha value is -2.33. The Morgan fingerprint density at radius 2 is 1.80 bits per heavy atom. The summed E-state index contributed by atoms with van der Waals surface area (Å²) in [5, 5.41) is 0. The van der Waals surface area contributed by atoms with E-state index in [0.29, 0.717) is 5.57 Å². The molecule has 25 heavy (non-hydrogen) atoms. The molecule has 1 atom stereocenters. The molecule has 0 fully saturated rings. The van der Waals surface area contributed by atoms with Gasteiger partial charge in [-0.2, -0.15) is 0 Å². The van der Waals surface area contributed by atoms with Crippen molar-refractivity contribution in [3.8, 4) is 5.75 Å². The molecule has 0 radical (unpaired) electrons. The number of allylic oxidation sites excluding steroid dienone is 2. The van der Waals surface area contributed by atoms with E-state index in [4.69, 9.17) is 9.47 Å². The zero-order valence-corrected chi connectivity index (χ0v) is 15.8. The molecule has 0 aromatic heterocycles. The van der Waals surface area contributed by atoms with Crippen molar-refractivity contribution in [1.82, 2.24) is 0 Å². The highest BCUT2D eigenvalue weighted by Crippen LogP contribution is 2.47. The number of esters is 1. The molecule has 3 nitrogen and oxygen atoms in total. The maximum absolute atomic E-state index is 12.2. The maximum atomic E-state index is 12.2. The first-order valence-electron chi connectivity index (χ1n) is 7.94. The lowest BCUT2D eigenvalue weighted by Crippen LogP contribution is -2.14. The first-order chi connectivity index (χ1) is 12.1. The summed E-state index contributed by atoms with van der Waals surface area (Å²) in [6.07, 6.45) is 0.812. The zero-order valence-electron chi connectivity index (χ0n) is 14.2. The molecule has 2 aromatic rings. The summed E-state index contributed by atoms with van der Waals surface area (Å²) in [5.74, 6) is 0.0837. The number of halogens is 1. The second kappa shape index (κ2) is 7.28. The van der Waals surface area contributed by atoms with E-state index in [1.807, 2.05) is 36.4 Å². The van der Waals surface area contributed by atoms with Gasteiger partial charge in [-0.05, 0) is 34.4 Å². The largest absolute Gasteiger partial charge is 0.497 e. The van der Waals surface area contributed by atoms with Crippen LogP contribution in [0.5, 0.6) is 5.75 Å². The molecule has 0 N–H and O–H groups in total. The van der Waals surface area contributed by atoms with Gasteiger partial charge in [-0.1, -0.05) is 58.9 Å². The molecule has 2 aromatic carbocycles. The summed E-state index contributed by atoms with van der Waals surface area (Å²) in [7, 11) is 3.01. The molecule has 0 bridgehead atoms. The van der Waals surface area contributed by atoms with Gasteiger partial charge in [0.05, 0.1) is 14.2 Å². The van der Waals surface area contributed by atoms with Gasteiger partial charge >= 0.3 is 5.97 Å². The van der Waals surface area contributed by atoms with E-state index in [0.717, 1.165) is 33.4 Å². The molecule has 1 aliphatic carbocycles. The monoisotopic (exact) mass is 398 g/mol. The van der Waals surface area contributed by atoms with Gasteiger partial charge in [-0.25, -0.2) is 4.79 Å². The molecule has 1 aliphatic rings. The van der Waals surface area contributed by atoms with Gasteiger partial charge < -0.3 is 9.47 Å². The van der Waals surface area contributed by atoms with Crippen molar-refractivity contribution in [3.05, 3.63) is 81.9 Å². The number of carbonyl (C=O) groups excluding carboxylic acids is 1. The SMILES string of the molecule is C=C(C(=O)OC)[C@H](C1=C(Br)Cc2ccccc21)c1ccc(OC)cc1. The van der Waals surface area contributed by atoms with Crippen molar-refractivity contribution >= 4 is 27.5 Å². The van der Waals surface area contributed by atoms with Gasteiger partial charge in [0.25, 0.3) is 0 Å². The van der Waals surface area contributed by atoms with E-state index in [-0.39, 0.29) is 5.92 Å². The summed E-state index contributed by atoms with van der Waals surface area (Å²) in [6, 6.07) is 15.9. The van der Waals surface area contributed by atoms with Gasteiger partial charge in [0.2, 0.25) is 0 Å². The quantitative estimate of drug-likeness (QED) is 0.532. The molecule has 0 unspecified atom stereocenters. The number of hydrogen-bond donors (Lipinski definition) is 0. The third-order valence-electron chi connectivity index (χ3n) is 4.48. The fourth-order valence-corrected chi connectivity index (χ4v) is 3.99. The molecule has 0 spiro atoms. The van der Waals surface area contributed by atoms with Crippen LogP contribution in [0.2, 0.25) is 0 Å². The Kier molecular flexibility index (Phi) is 5.09. The second-order valence-electron chi connectivity index (χ2n) is 5.88. The smallest absolute Gasteiger partial charge is 0.334 e. The van der Waals surface area contributed by atoms with Gasteiger partial charge in [-0.3, -0.25) is 0 Å². The standard InChI is InChI=1S/C21H19BrO3/c1-13(21(23)25-3)19(14-8-10-16(24-2)11-9-14)20-17-7-5-4-6-15(17)12-18(20)22/h4-11,19H,1,12H2,2-3H3/t19-/m0/s1. The fraction of sp³-hybridized carbons (Fsp3) is 0.190.